The summed E-state index contributed by atoms with van der Waals surface area (Å²) in [5, 5.41) is 7.68. The van der Waals surface area contributed by atoms with E-state index in [2.05, 4.69) is 32.9 Å². The molecule has 25 heavy (non-hydrogen) atoms. The first-order valence-electron chi connectivity index (χ1n) is 8.93. The molecule has 2 aromatic rings. The molecule has 136 valence electrons. The quantitative estimate of drug-likeness (QED) is 0.831. The Balaban J connectivity index is 1.61. The van der Waals surface area contributed by atoms with Gasteiger partial charge in [-0.3, -0.25) is 10.1 Å². The van der Waals surface area contributed by atoms with Gasteiger partial charge in [0, 0.05) is 37.4 Å². The fraction of sp³-hybridized carbons (Fsp3) is 0.556. The predicted octanol–water partition coefficient (Wildman–Crippen LogP) is 2.79. The van der Waals surface area contributed by atoms with Crippen molar-refractivity contribution >= 4 is 11.2 Å². The largest absolute Gasteiger partial charge is 0.282 e. The zero-order chi connectivity index (χ0) is 17.8. The minimum absolute atomic E-state index is 0.324. The van der Waals surface area contributed by atoms with E-state index >= 15 is 0 Å². The fourth-order valence-electron chi connectivity index (χ4n) is 3.27. The number of aromatic nitrogens is 3. The van der Waals surface area contributed by atoms with Crippen molar-refractivity contribution in [3.05, 3.63) is 35.7 Å². The number of H-pyrrole nitrogens is 1. The van der Waals surface area contributed by atoms with E-state index in [1.165, 1.54) is 5.69 Å². The van der Waals surface area contributed by atoms with E-state index in [1.807, 2.05) is 32.3 Å². The maximum absolute atomic E-state index is 11.9. The van der Waals surface area contributed by atoms with Gasteiger partial charge in [-0.1, -0.05) is 13.0 Å². The topological polar surface area (TPSA) is 73.9 Å². The summed E-state index contributed by atoms with van der Waals surface area (Å²) in [6, 6.07) is 8.55. The third-order valence-electron chi connectivity index (χ3n) is 4.80. The summed E-state index contributed by atoms with van der Waals surface area (Å²) in [6.07, 6.45) is 5.14. The van der Waals surface area contributed by atoms with Gasteiger partial charge < -0.3 is 0 Å². The maximum atomic E-state index is 11.9. The van der Waals surface area contributed by atoms with Gasteiger partial charge in [0.2, 0.25) is 0 Å². The van der Waals surface area contributed by atoms with Gasteiger partial charge in [0.25, 0.3) is 0 Å². The van der Waals surface area contributed by atoms with Crippen LogP contribution in [0.1, 0.15) is 49.9 Å². The Labute approximate surface area is 152 Å². The van der Waals surface area contributed by atoms with E-state index in [4.69, 9.17) is 0 Å². The molecule has 0 aliphatic heterocycles. The Hall–Kier alpha value is -1.57. The van der Waals surface area contributed by atoms with Crippen LogP contribution in [-0.4, -0.2) is 43.8 Å². The standard InChI is InChI=1S/C18H27N5OS/c1-4-14-6-5-7-16(19-14)18-12-17(20-21-18)13-8-10-15(11-9-13)22-25(24)23(2)3/h5-7,12-13,15,22H,4,8-11H2,1-3H3,(H,20,21). The molecule has 0 bridgehead atoms. The zero-order valence-electron chi connectivity index (χ0n) is 15.2. The summed E-state index contributed by atoms with van der Waals surface area (Å²) >= 11 is -1.09. The number of aryl methyl sites for hydroxylation is 1. The summed E-state index contributed by atoms with van der Waals surface area (Å²) in [5.74, 6) is 0.487. The summed E-state index contributed by atoms with van der Waals surface area (Å²) in [6.45, 7) is 2.11. The summed E-state index contributed by atoms with van der Waals surface area (Å²) in [7, 11) is 3.64. The van der Waals surface area contributed by atoms with Crippen LogP contribution in [0.2, 0.25) is 0 Å². The third kappa shape index (κ3) is 4.54. The molecule has 1 aliphatic rings. The number of hydrogen-bond donors (Lipinski definition) is 2. The molecule has 0 radical (unpaired) electrons. The number of nitrogens with one attached hydrogen (secondary N) is 2. The van der Waals surface area contributed by atoms with Crippen molar-refractivity contribution in [2.24, 2.45) is 0 Å². The molecular formula is C18H27N5OS. The average molecular weight is 362 g/mol. The van der Waals surface area contributed by atoms with Crippen LogP contribution in [0.4, 0.5) is 0 Å². The van der Waals surface area contributed by atoms with Crippen LogP contribution in [0.15, 0.2) is 24.3 Å². The maximum Gasteiger partial charge on any atom is 0.169 e. The van der Waals surface area contributed by atoms with Gasteiger partial charge in [-0.15, -0.1) is 0 Å². The van der Waals surface area contributed by atoms with Crippen LogP contribution in [0.25, 0.3) is 11.4 Å². The van der Waals surface area contributed by atoms with Gasteiger partial charge in [0.05, 0.1) is 5.69 Å². The second kappa shape index (κ2) is 8.21. The van der Waals surface area contributed by atoms with Gasteiger partial charge in [0.15, 0.2) is 11.2 Å². The lowest BCUT2D eigenvalue weighted by Gasteiger charge is -2.28. The van der Waals surface area contributed by atoms with Crippen LogP contribution in [0.5, 0.6) is 0 Å². The first-order chi connectivity index (χ1) is 12.1. The molecule has 0 spiro atoms. The average Bonchev–Trinajstić information content (AvgIpc) is 3.12. The van der Waals surface area contributed by atoms with E-state index in [0.29, 0.717) is 12.0 Å². The fourth-order valence-corrected chi connectivity index (χ4v) is 4.00. The second-order valence-corrected chi connectivity index (χ2v) is 8.27. The van der Waals surface area contributed by atoms with Gasteiger partial charge >= 0.3 is 0 Å². The van der Waals surface area contributed by atoms with Gasteiger partial charge in [0.1, 0.15) is 5.69 Å². The highest BCUT2D eigenvalue weighted by molar-refractivity contribution is 7.80. The summed E-state index contributed by atoms with van der Waals surface area (Å²) < 4.78 is 16.8. The van der Waals surface area contributed by atoms with Crippen molar-refractivity contribution in [1.82, 2.24) is 24.2 Å². The van der Waals surface area contributed by atoms with E-state index in [9.17, 15) is 4.21 Å². The zero-order valence-corrected chi connectivity index (χ0v) is 16.0. The van der Waals surface area contributed by atoms with E-state index in [-0.39, 0.29) is 0 Å². The lowest BCUT2D eigenvalue weighted by atomic mass is 9.84. The highest BCUT2D eigenvalue weighted by Crippen LogP contribution is 2.33. The van der Waals surface area contributed by atoms with Gasteiger partial charge in [-0.05, 0) is 50.3 Å². The lowest BCUT2D eigenvalue weighted by molar-refractivity contribution is 0.370. The Bertz CT molecular complexity index is 722. The molecular weight excluding hydrogens is 334 g/mol. The lowest BCUT2D eigenvalue weighted by Crippen LogP contribution is -2.39. The molecule has 3 rings (SSSR count). The Kier molecular flexibility index (Phi) is 5.98. The second-order valence-electron chi connectivity index (χ2n) is 6.80. The van der Waals surface area contributed by atoms with Gasteiger partial charge in [-0.25, -0.2) is 13.2 Å². The van der Waals surface area contributed by atoms with Crippen molar-refractivity contribution in [3.8, 4) is 11.4 Å². The Morgan fingerprint density at radius 3 is 2.68 bits per heavy atom. The molecule has 7 heteroatoms. The third-order valence-corrected chi connectivity index (χ3v) is 5.99. The smallest absolute Gasteiger partial charge is 0.169 e. The van der Waals surface area contributed by atoms with Crippen molar-refractivity contribution in [2.45, 2.75) is 51.0 Å². The molecule has 1 aliphatic carbocycles. The van der Waals surface area contributed by atoms with Gasteiger partial charge in [-0.2, -0.15) is 5.10 Å². The van der Waals surface area contributed by atoms with Crippen molar-refractivity contribution < 1.29 is 4.21 Å². The predicted molar refractivity (Wildman–Crippen MR) is 101 cm³/mol. The van der Waals surface area contributed by atoms with Crippen molar-refractivity contribution in [3.63, 3.8) is 0 Å². The molecule has 0 amide bonds. The van der Waals surface area contributed by atoms with Crippen LogP contribution < -0.4 is 4.72 Å². The number of nitrogens with zero attached hydrogens (tertiary/aromatic N) is 3. The normalized spacial score (nSPS) is 22.2. The highest BCUT2D eigenvalue weighted by atomic mass is 32.2. The van der Waals surface area contributed by atoms with Crippen LogP contribution in [0, 0.1) is 0 Å². The minimum atomic E-state index is -1.09. The summed E-state index contributed by atoms with van der Waals surface area (Å²) in [4.78, 5) is 4.65. The molecule has 1 saturated carbocycles. The molecule has 2 N–H and O–H groups in total. The Morgan fingerprint density at radius 1 is 1.24 bits per heavy atom. The Morgan fingerprint density at radius 2 is 2.00 bits per heavy atom. The van der Waals surface area contributed by atoms with Crippen molar-refractivity contribution in [2.75, 3.05) is 14.1 Å². The van der Waals surface area contributed by atoms with Crippen LogP contribution >= 0.6 is 0 Å². The number of hydrogen-bond acceptors (Lipinski definition) is 3. The van der Waals surface area contributed by atoms with Crippen LogP contribution in [0.3, 0.4) is 0 Å². The number of aromatic amines is 1. The number of pyridine rings is 1. The minimum Gasteiger partial charge on any atom is -0.282 e. The highest BCUT2D eigenvalue weighted by Gasteiger charge is 2.25. The van der Waals surface area contributed by atoms with E-state index < -0.39 is 11.2 Å². The first-order valence-corrected chi connectivity index (χ1v) is 10.0. The SMILES string of the molecule is CCc1cccc(-c2cc(C3CCC(NS(=O)N(C)C)CC3)[nH]n2)n1. The molecule has 2 aromatic heterocycles. The molecule has 1 atom stereocenters. The molecule has 1 unspecified atom stereocenters. The molecule has 2 heterocycles. The molecule has 0 aromatic carbocycles. The number of rotatable bonds is 6. The molecule has 1 fully saturated rings. The van der Waals surface area contributed by atoms with Crippen LogP contribution in [-0.2, 0) is 17.6 Å². The first kappa shape index (κ1) is 18.2. The van der Waals surface area contributed by atoms with E-state index in [0.717, 1.165) is 49.2 Å². The molecule has 6 nitrogen and oxygen atoms in total. The molecule has 0 saturated heterocycles. The summed E-state index contributed by atoms with van der Waals surface area (Å²) in [5.41, 5.74) is 4.12. The van der Waals surface area contributed by atoms with E-state index in [1.54, 1.807) is 4.31 Å². The monoisotopic (exact) mass is 361 g/mol. The van der Waals surface area contributed by atoms with Crippen molar-refractivity contribution in [1.29, 1.82) is 0 Å².